The predicted octanol–water partition coefficient (Wildman–Crippen LogP) is 3.30. The van der Waals surface area contributed by atoms with Crippen molar-refractivity contribution in [1.82, 2.24) is 24.5 Å². The highest BCUT2D eigenvalue weighted by atomic mass is 32.1. The van der Waals surface area contributed by atoms with E-state index in [-0.39, 0.29) is 0 Å². The zero-order chi connectivity index (χ0) is 16.3. The summed E-state index contributed by atoms with van der Waals surface area (Å²) in [6, 6.07) is 8.24. The van der Waals surface area contributed by atoms with Crippen LogP contribution in [-0.4, -0.2) is 38.1 Å². The molecule has 3 aromatic heterocycles. The molecule has 5 rings (SSSR count). The SMILES string of the molecule is Cc1ccccc1-c1nc2c3c4c(sc3ncn2n1)CN(C)CC4. The second-order valence-corrected chi connectivity index (χ2v) is 7.52. The Hall–Kier alpha value is -2.31. The number of aromatic nitrogens is 4. The summed E-state index contributed by atoms with van der Waals surface area (Å²) in [5.41, 5.74) is 4.61. The molecule has 0 radical (unpaired) electrons. The first-order chi connectivity index (χ1) is 11.7. The first kappa shape index (κ1) is 14.1. The fourth-order valence-electron chi connectivity index (χ4n) is 3.46. The third kappa shape index (κ3) is 2.00. The van der Waals surface area contributed by atoms with Gasteiger partial charge >= 0.3 is 0 Å². The maximum absolute atomic E-state index is 4.88. The van der Waals surface area contributed by atoms with Crippen LogP contribution in [0.2, 0.25) is 0 Å². The highest BCUT2D eigenvalue weighted by molar-refractivity contribution is 7.19. The number of likely N-dealkylation sites (N-methyl/N-ethyl adjacent to an activating group) is 1. The summed E-state index contributed by atoms with van der Waals surface area (Å²) in [7, 11) is 2.17. The zero-order valence-electron chi connectivity index (χ0n) is 13.7. The van der Waals surface area contributed by atoms with Crippen LogP contribution in [0.1, 0.15) is 16.0 Å². The first-order valence-corrected chi connectivity index (χ1v) is 8.92. The molecule has 0 N–H and O–H groups in total. The lowest BCUT2D eigenvalue weighted by Crippen LogP contribution is -2.25. The topological polar surface area (TPSA) is 46.3 Å². The molecule has 0 atom stereocenters. The number of nitrogens with zero attached hydrogens (tertiary/aromatic N) is 5. The number of hydrogen-bond donors (Lipinski definition) is 0. The van der Waals surface area contributed by atoms with Gasteiger partial charge in [0.15, 0.2) is 11.5 Å². The van der Waals surface area contributed by atoms with Crippen LogP contribution >= 0.6 is 11.3 Å². The van der Waals surface area contributed by atoms with Crippen LogP contribution in [0.4, 0.5) is 0 Å². The van der Waals surface area contributed by atoms with Crippen LogP contribution < -0.4 is 0 Å². The first-order valence-electron chi connectivity index (χ1n) is 8.11. The minimum Gasteiger partial charge on any atom is -0.301 e. The largest absolute Gasteiger partial charge is 0.301 e. The lowest BCUT2D eigenvalue weighted by molar-refractivity contribution is 0.318. The summed E-state index contributed by atoms with van der Waals surface area (Å²) >= 11 is 1.79. The van der Waals surface area contributed by atoms with Crippen molar-refractivity contribution in [3.05, 3.63) is 46.6 Å². The van der Waals surface area contributed by atoms with Crippen molar-refractivity contribution in [2.45, 2.75) is 19.9 Å². The van der Waals surface area contributed by atoms with Crippen molar-refractivity contribution in [3.63, 3.8) is 0 Å². The molecule has 5 nitrogen and oxygen atoms in total. The molecule has 1 aromatic carbocycles. The molecule has 4 aromatic rings. The van der Waals surface area contributed by atoms with E-state index in [9.17, 15) is 0 Å². The molecule has 6 heteroatoms. The van der Waals surface area contributed by atoms with Gasteiger partial charge in [-0.3, -0.25) is 0 Å². The van der Waals surface area contributed by atoms with E-state index in [1.54, 1.807) is 17.7 Å². The highest BCUT2D eigenvalue weighted by Gasteiger charge is 2.23. The van der Waals surface area contributed by atoms with Crippen LogP contribution in [-0.2, 0) is 13.0 Å². The van der Waals surface area contributed by atoms with E-state index in [2.05, 4.69) is 41.1 Å². The second kappa shape index (κ2) is 5.09. The van der Waals surface area contributed by atoms with Crippen molar-refractivity contribution < 1.29 is 0 Å². The van der Waals surface area contributed by atoms with Gasteiger partial charge in [0, 0.05) is 23.5 Å². The van der Waals surface area contributed by atoms with Gasteiger partial charge in [-0.1, -0.05) is 24.3 Å². The molecule has 1 aliphatic heterocycles. The number of hydrogen-bond acceptors (Lipinski definition) is 5. The molecule has 0 aliphatic carbocycles. The van der Waals surface area contributed by atoms with Crippen LogP contribution in [0.15, 0.2) is 30.6 Å². The van der Waals surface area contributed by atoms with Gasteiger partial charge in [0.1, 0.15) is 11.2 Å². The zero-order valence-corrected chi connectivity index (χ0v) is 14.5. The Kier molecular flexibility index (Phi) is 2.98. The second-order valence-electron chi connectivity index (χ2n) is 6.43. The fraction of sp³-hybridized carbons (Fsp3) is 0.278. The molecule has 120 valence electrons. The number of fused-ring (bicyclic) bond motifs is 5. The van der Waals surface area contributed by atoms with Gasteiger partial charge in [-0.15, -0.1) is 16.4 Å². The molecule has 0 fully saturated rings. The van der Waals surface area contributed by atoms with Gasteiger partial charge in [-0.25, -0.2) is 14.5 Å². The summed E-state index contributed by atoms with van der Waals surface area (Å²) in [6.45, 7) is 4.18. The van der Waals surface area contributed by atoms with E-state index < -0.39 is 0 Å². The Morgan fingerprint density at radius 2 is 2.08 bits per heavy atom. The Morgan fingerprint density at radius 3 is 2.96 bits per heavy atom. The maximum Gasteiger partial charge on any atom is 0.182 e. The summed E-state index contributed by atoms with van der Waals surface area (Å²) in [6.07, 6.45) is 2.85. The van der Waals surface area contributed by atoms with E-state index in [1.807, 2.05) is 16.6 Å². The Morgan fingerprint density at radius 1 is 1.21 bits per heavy atom. The number of thiophene rings is 1. The Labute approximate surface area is 143 Å². The monoisotopic (exact) mass is 335 g/mol. The predicted molar refractivity (Wildman–Crippen MR) is 96.4 cm³/mol. The van der Waals surface area contributed by atoms with Crippen LogP contribution in [0.25, 0.3) is 27.3 Å². The van der Waals surface area contributed by atoms with Gasteiger partial charge in [0.25, 0.3) is 0 Å². The molecule has 1 aliphatic rings. The van der Waals surface area contributed by atoms with Gasteiger partial charge < -0.3 is 4.90 Å². The molecule has 0 spiro atoms. The summed E-state index contributed by atoms with van der Waals surface area (Å²) < 4.78 is 1.83. The molecule has 0 saturated heterocycles. The molecule has 0 unspecified atom stereocenters. The van der Waals surface area contributed by atoms with Gasteiger partial charge in [-0.05, 0) is 31.5 Å². The van der Waals surface area contributed by atoms with Crippen molar-refractivity contribution >= 4 is 27.2 Å². The molecule has 0 saturated carbocycles. The molecule has 0 bridgehead atoms. The quantitative estimate of drug-likeness (QED) is 0.535. The molecular formula is C18H17N5S. The van der Waals surface area contributed by atoms with E-state index in [0.29, 0.717) is 0 Å². The Bertz CT molecular complexity index is 1080. The lowest BCUT2D eigenvalue weighted by Gasteiger charge is -2.21. The van der Waals surface area contributed by atoms with Crippen molar-refractivity contribution in [2.75, 3.05) is 13.6 Å². The summed E-state index contributed by atoms with van der Waals surface area (Å²) in [4.78, 5) is 14.4. The number of rotatable bonds is 1. The van der Waals surface area contributed by atoms with Gasteiger partial charge in [-0.2, -0.15) is 0 Å². The Balaban J connectivity index is 1.78. The average Bonchev–Trinajstić information content (AvgIpc) is 3.14. The molecule has 4 heterocycles. The third-order valence-corrected chi connectivity index (χ3v) is 5.88. The number of aryl methyl sites for hydroxylation is 1. The van der Waals surface area contributed by atoms with Crippen molar-refractivity contribution in [3.8, 4) is 11.4 Å². The smallest absolute Gasteiger partial charge is 0.182 e. The maximum atomic E-state index is 4.88. The third-order valence-electron chi connectivity index (χ3n) is 4.75. The summed E-state index contributed by atoms with van der Waals surface area (Å²) in [5, 5.41) is 5.87. The average molecular weight is 335 g/mol. The minimum absolute atomic E-state index is 0.773. The van der Waals surface area contributed by atoms with Gasteiger partial charge in [0.2, 0.25) is 0 Å². The van der Waals surface area contributed by atoms with E-state index >= 15 is 0 Å². The van der Waals surface area contributed by atoms with Crippen molar-refractivity contribution in [1.29, 1.82) is 0 Å². The van der Waals surface area contributed by atoms with Gasteiger partial charge in [0.05, 0.1) is 5.39 Å². The molecular weight excluding hydrogens is 318 g/mol. The molecule has 0 amide bonds. The van der Waals surface area contributed by atoms with Crippen LogP contribution in [0.3, 0.4) is 0 Å². The normalized spacial score (nSPS) is 15.2. The van der Waals surface area contributed by atoms with Crippen molar-refractivity contribution in [2.24, 2.45) is 0 Å². The minimum atomic E-state index is 0.773. The van der Waals surface area contributed by atoms with E-state index in [4.69, 9.17) is 4.98 Å². The lowest BCUT2D eigenvalue weighted by atomic mass is 10.1. The van der Waals surface area contributed by atoms with E-state index in [0.717, 1.165) is 41.4 Å². The molecule has 24 heavy (non-hydrogen) atoms. The standard InChI is InChI=1S/C18H17N5S/c1-11-5-3-4-6-12(11)16-20-17-15-13-7-8-22(2)9-14(13)24-18(15)19-10-23(17)21-16/h3-6,10H,7-9H2,1-2H3. The van der Waals surface area contributed by atoms with Crippen LogP contribution in [0, 0.1) is 6.92 Å². The highest BCUT2D eigenvalue weighted by Crippen LogP contribution is 2.36. The number of benzene rings is 1. The summed E-state index contributed by atoms with van der Waals surface area (Å²) in [5.74, 6) is 0.773. The van der Waals surface area contributed by atoms with Crippen LogP contribution in [0.5, 0.6) is 0 Å². The fourth-order valence-corrected chi connectivity index (χ4v) is 4.72. The van der Waals surface area contributed by atoms with E-state index in [1.165, 1.54) is 21.4 Å².